The van der Waals surface area contributed by atoms with Crippen molar-refractivity contribution in [3.63, 3.8) is 0 Å². The summed E-state index contributed by atoms with van der Waals surface area (Å²) in [6.45, 7) is 2.15. The van der Waals surface area contributed by atoms with Crippen LogP contribution in [0.4, 0.5) is 5.69 Å². The first-order valence-electron chi connectivity index (χ1n) is 6.78. The molecule has 1 atom stereocenters. The Hall–Kier alpha value is -1.86. The molecule has 0 bridgehead atoms. The summed E-state index contributed by atoms with van der Waals surface area (Å²) in [7, 11) is -1.88. The monoisotopic (exact) mass is 306 g/mol. The molecule has 0 radical (unpaired) electrons. The van der Waals surface area contributed by atoms with Crippen LogP contribution >= 0.6 is 0 Å². The number of fused-ring (bicyclic) bond motifs is 1. The fourth-order valence-corrected chi connectivity index (χ4v) is 4.11. The lowest BCUT2D eigenvalue weighted by atomic mass is 9.99. The van der Waals surface area contributed by atoms with Gasteiger partial charge in [0.05, 0.1) is 5.69 Å². The Bertz CT molecular complexity index is 763. The van der Waals surface area contributed by atoms with E-state index in [9.17, 15) is 8.42 Å². The summed E-state index contributed by atoms with van der Waals surface area (Å²) < 4.78 is 28.8. The van der Waals surface area contributed by atoms with Gasteiger partial charge in [-0.05, 0) is 25.0 Å². The summed E-state index contributed by atoms with van der Waals surface area (Å²) >= 11 is 0. The number of imidazole rings is 1. The average Bonchev–Trinajstić information content (AvgIpc) is 2.80. The molecule has 0 amide bonds. The van der Waals surface area contributed by atoms with Crippen LogP contribution in [0.15, 0.2) is 35.5 Å². The number of sulfonamides is 1. The lowest BCUT2D eigenvalue weighted by Gasteiger charge is -2.32. The van der Waals surface area contributed by atoms with Gasteiger partial charge in [-0.3, -0.25) is 4.31 Å². The average molecular weight is 306 g/mol. The van der Waals surface area contributed by atoms with E-state index in [4.69, 9.17) is 5.73 Å². The second-order valence-corrected chi connectivity index (χ2v) is 7.08. The van der Waals surface area contributed by atoms with Crippen LogP contribution in [0.1, 0.15) is 23.9 Å². The molecule has 0 fully saturated rings. The van der Waals surface area contributed by atoms with E-state index in [1.807, 2.05) is 18.2 Å². The molecule has 1 aromatic carbocycles. The van der Waals surface area contributed by atoms with Crippen LogP contribution in [0.2, 0.25) is 0 Å². The minimum absolute atomic E-state index is 0.0766. The molecule has 0 aliphatic carbocycles. The zero-order valence-electron chi connectivity index (χ0n) is 12.0. The van der Waals surface area contributed by atoms with Gasteiger partial charge >= 0.3 is 0 Å². The zero-order chi connectivity index (χ0) is 15.2. The second kappa shape index (κ2) is 4.85. The fourth-order valence-electron chi connectivity index (χ4n) is 2.57. The van der Waals surface area contributed by atoms with E-state index in [0.717, 1.165) is 5.56 Å². The smallest absolute Gasteiger partial charge is 0.283 e. The predicted molar refractivity (Wildman–Crippen MR) is 80.5 cm³/mol. The number of hydrogen-bond acceptors (Lipinski definition) is 4. The normalized spacial score (nSPS) is 18.6. The number of aryl methyl sites for hydroxylation is 2. The molecule has 1 aromatic heterocycles. The Balaban J connectivity index is 2.10. The topological polar surface area (TPSA) is 81.2 Å². The summed E-state index contributed by atoms with van der Waals surface area (Å²) in [6, 6.07) is 7.24. The van der Waals surface area contributed by atoms with Gasteiger partial charge in [-0.15, -0.1) is 0 Å². The van der Waals surface area contributed by atoms with Crippen molar-refractivity contribution >= 4 is 15.7 Å². The van der Waals surface area contributed by atoms with Gasteiger partial charge in [-0.25, -0.2) is 4.98 Å². The summed E-state index contributed by atoms with van der Waals surface area (Å²) in [5.74, 6) is 0.663. The van der Waals surface area contributed by atoms with Gasteiger partial charge < -0.3 is 10.3 Å². The number of nitrogens with two attached hydrogens (primary N) is 1. The van der Waals surface area contributed by atoms with Crippen LogP contribution < -0.4 is 10.0 Å². The minimum atomic E-state index is -3.65. The van der Waals surface area contributed by atoms with Crippen molar-refractivity contribution in [2.24, 2.45) is 12.8 Å². The van der Waals surface area contributed by atoms with Crippen molar-refractivity contribution in [1.82, 2.24) is 9.55 Å². The van der Waals surface area contributed by atoms with E-state index in [-0.39, 0.29) is 11.1 Å². The summed E-state index contributed by atoms with van der Waals surface area (Å²) in [4.78, 5) is 4.15. The highest BCUT2D eigenvalue weighted by molar-refractivity contribution is 7.92. The van der Waals surface area contributed by atoms with Gasteiger partial charge in [0.25, 0.3) is 10.0 Å². The molecular weight excluding hydrogens is 288 g/mol. The lowest BCUT2D eigenvalue weighted by molar-refractivity contribution is 0.571. The maximum atomic E-state index is 12.8. The maximum Gasteiger partial charge on any atom is 0.283 e. The number of para-hydroxylation sites is 1. The Morgan fingerprint density at radius 2 is 2.05 bits per heavy atom. The Morgan fingerprint density at radius 1 is 1.33 bits per heavy atom. The van der Waals surface area contributed by atoms with Crippen LogP contribution in [0.3, 0.4) is 0 Å². The molecule has 0 saturated heterocycles. The quantitative estimate of drug-likeness (QED) is 0.907. The number of anilines is 1. The van der Waals surface area contributed by atoms with Gasteiger partial charge in [0.2, 0.25) is 0 Å². The molecule has 1 unspecified atom stereocenters. The van der Waals surface area contributed by atoms with Crippen LogP contribution in [0.5, 0.6) is 0 Å². The van der Waals surface area contributed by atoms with Crippen LogP contribution in [-0.4, -0.2) is 24.5 Å². The van der Waals surface area contributed by atoms with Gasteiger partial charge in [0.15, 0.2) is 5.03 Å². The molecule has 2 heterocycles. The minimum Gasteiger partial charge on any atom is -0.337 e. The summed E-state index contributed by atoms with van der Waals surface area (Å²) in [5.41, 5.74) is 7.59. The maximum absolute atomic E-state index is 12.8. The Labute approximate surface area is 124 Å². The molecule has 1 aliphatic rings. The van der Waals surface area contributed by atoms with Gasteiger partial charge in [0, 0.05) is 25.8 Å². The molecule has 6 nitrogen and oxygen atoms in total. The second-order valence-electron chi connectivity index (χ2n) is 5.27. The van der Waals surface area contributed by atoms with Crippen molar-refractivity contribution < 1.29 is 8.42 Å². The molecule has 7 heteroatoms. The van der Waals surface area contributed by atoms with Crippen molar-refractivity contribution in [3.8, 4) is 0 Å². The van der Waals surface area contributed by atoms with Crippen molar-refractivity contribution in [3.05, 3.63) is 41.9 Å². The molecule has 2 aromatic rings. The largest absolute Gasteiger partial charge is 0.337 e. The molecule has 1 aliphatic heterocycles. The molecule has 0 saturated carbocycles. The van der Waals surface area contributed by atoms with E-state index in [1.165, 1.54) is 4.31 Å². The van der Waals surface area contributed by atoms with Crippen LogP contribution in [-0.2, 0) is 17.1 Å². The number of rotatable bonds is 2. The van der Waals surface area contributed by atoms with E-state index in [2.05, 4.69) is 4.98 Å². The lowest BCUT2D eigenvalue weighted by Crippen LogP contribution is -2.38. The highest BCUT2D eigenvalue weighted by Crippen LogP contribution is 2.35. The van der Waals surface area contributed by atoms with E-state index >= 15 is 0 Å². The van der Waals surface area contributed by atoms with Crippen molar-refractivity contribution in [2.75, 3.05) is 10.8 Å². The first-order chi connectivity index (χ1) is 9.91. The molecule has 21 heavy (non-hydrogen) atoms. The Kier molecular flexibility index (Phi) is 3.26. The number of benzene rings is 1. The number of aromatic nitrogens is 2. The Morgan fingerprint density at radius 3 is 2.71 bits per heavy atom. The third-order valence-corrected chi connectivity index (χ3v) is 5.57. The van der Waals surface area contributed by atoms with Crippen LogP contribution in [0.25, 0.3) is 0 Å². The third kappa shape index (κ3) is 2.22. The zero-order valence-corrected chi connectivity index (χ0v) is 12.8. The SMILES string of the molecule is Cc1nc(S(=O)(=O)N2CCC(N)c3ccccc32)cn1C. The van der Waals surface area contributed by atoms with Crippen molar-refractivity contribution in [2.45, 2.75) is 24.4 Å². The third-order valence-electron chi connectivity index (χ3n) is 3.89. The fraction of sp³-hybridized carbons (Fsp3) is 0.357. The summed E-state index contributed by atoms with van der Waals surface area (Å²) in [6.07, 6.45) is 2.14. The van der Waals surface area contributed by atoms with Gasteiger partial charge in [-0.1, -0.05) is 18.2 Å². The molecule has 3 rings (SSSR count). The predicted octanol–water partition coefficient (Wildman–Crippen LogP) is 1.33. The highest BCUT2D eigenvalue weighted by Gasteiger charge is 2.33. The molecular formula is C14H18N4O2S. The van der Waals surface area contributed by atoms with Gasteiger partial charge in [-0.2, -0.15) is 8.42 Å². The standard InChI is InChI=1S/C14H18N4O2S/c1-10-16-14(9-17(10)2)21(19,20)18-8-7-12(15)11-5-3-4-6-13(11)18/h3-6,9,12H,7-8,15H2,1-2H3. The van der Waals surface area contributed by atoms with Gasteiger partial charge in [0.1, 0.15) is 5.82 Å². The summed E-state index contributed by atoms with van der Waals surface area (Å²) in [5, 5.41) is 0.0766. The van der Waals surface area contributed by atoms with Crippen molar-refractivity contribution in [1.29, 1.82) is 0 Å². The molecule has 0 spiro atoms. The van der Waals surface area contributed by atoms with E-state index in [0.29, 0.717) is 24.5 Å². The molecule has 112 valence electrons. The number of nitrogens with zero attached hydrogens (tertiary/aromatic N) is 3. The van der Waals surface area contributed by atoms with E-state index in [1.54, 1.807) is 30.8 Å². The molecule has 2 N–H and O–H groups in total. The first-order valence-corrected chi connectivity index (χ1v) is 8.22. The van der Waals surface area contributed by atoms with E-state index < -0.39 is 10.0 Å². The van der Waals surface area contributed by atoms with Crippen LogP contribution in [0, 0.1) is 6.92 Å². The highest BCUT2D eigenvalue weighted by atomic mass is 32.2. The number of hydrogen-bond donors (Lipinski definition) is 1. The first kappa shape index (κ1) is 14.1.